The van der Waals surface area contributed by atoms with Crippen LogP contribution in [0.5, 0.6) is 0 Å². The molecule has 2 atom stereocenters. The van der Waals surface area contributed by atoms with Crippen LogP contribution in [0.25, 0.3) is 0 Å². The van der Waals surface area contributed by atoms with Crippen LogP contribution < -0.4 is 0 Å². The zero-order valence-electron chi connectivity index (χ0n) is 9.66. The summed E-state index contributed by atoms with van der Waals surface area (Å²) in [6.45, 7) is 6.60. The number of morpholine rings is 1. The molecule has 4 nitrogen and oxygen atoms in total. The van der Waals surface area contributed by atoms with E-state index in [1.165, 1.54) is 6.92 Å². The summed E-state index contributed by atoms with van der Waals surface area (Å²) in [6.07, 6.45) is 0.961. The van der Waals surface area contributed by atoms with Crippen molar-refractivity contribution in [3.05, 3.63) is 0 Å². The summed E-state index contributed by atoms with van der Waals surface area (Å²) in [4.78, 5) is 24.5. The highest BCUT2D eigenvalue weighted by Gasteiger charge is 2.29. The van der Waals surface area contributed by atoms with Crippen LogP contribution in [0.15, 0.2) is 0 Å². The van der Waals surface area contributed by atoms with E-state index in [-0.39, 0.29) is 30.3 Å². The van der Waals surface area contributed by atoms with Gasteiger partial charge in [-0.15, -0.1) is 0 Å². The molecular formula is C11H19NO3. The molecule has 0 aromatic rings. The predicted molar refractivity (Wildman–Crippen MR) is 56.5 cm³/mol. The topological polar surface area (TPSA) is 46.6 Å². The van der Waals surface area contributed by atoms with Gasteiger partial charge in [0.15, 0.2) is 0 Å². The van der Waals surface area contributed by atoms with E-state index in [0.29, 0.717) is 13.2 Å². The minimum absolute atomic E-state index is 0.0171. The van der Waals surface area contributed by atoms with Crippen molar-refractivity contribution in [2.24, 2.45) is 0 Å². The molecule has 1 heterocycles. The Morgan fingerprint density at radius 2 is 2.13 bits per heavy atom. The van der Waals surface area contributed by atoms with Gasteiger partial charge in [-0.3, -0.25) is 9.59 Å². The fourth-order valence-corrected chi connectivity index (χ4v) is 1.80. The molecule has 1 aliphatic rings. The van der Waals surface area contributed by atoms with Gasteiger partial charge in [-0.05, 0) is 20.3 Å². The molecular weight excluding hydrogens is 194 g/mol. The molecule has 0 aromatic carbocycles. The van der Waals surface area contributed by atoms with E-state index >= 15 is 0 Å². The average Bonchev–Trinajstić information content (AvgIpc) is 2.16. The van der Waals surface area contributed by atoms with Crippen LogP contribution in [-0.4, -0.2) is 41.9 Å². The van der Waals surface area contributed by atoms with Crippen molar-refractivity contribution in [2.75, 3.05) is 13.2 Å². The quantitative estimate of drug-likeness (QED) is 0.657. The summed E-state index contributed by atoms with van der Waals surface area (Å²) in [7, 11) is 0. The van der Waals surface area contributed by atoms with Gasteiger partial charge in [-0.25, -0.2) is 0 Å². The molecule has 86 valence electrons. The summed E-state index contributed by atoms with van der Waals surface area (Å²) < 4.78 is 5.49. The summed E-state index contributed by atoms with van der Waals surface area (Å²) in [5, 5.41) is 0. The third-order valence-corrected chi connectivity index (χ3v) is 2.66. The summed E-state index contributed by atoms with van der Waals surface area (Å²) in [6, 6.07) is 0.132. The molecule has 1 fully saturated rings. The first kappa shape index (κ1) is 12.2. The van der Waals surface area contributed by atoms with Crippen molar-refractivity contribution in [2.45, 2.75) is 45.8 Å². The maximum atomic E-state index is 11.8. The normalized spacial score (nSPS) is 26.5. The highest BCUT2D eigenvalue weighted by molar-refractivity contribution is 5.96. The molecule has 0 aromatic heterocycles. The Morgan fingerprint density at radius 3 is 2.67 bits per heavy atom. The fourth-order valence-electron chi connectivity index (χ4n) is 1.80. The number of carbonyl (C=O) groups is 2. The number of ether oxygens (including phenoxy) is 1. The predicted octanol–water partition coefficient (Wildman–Crippen LogP) is 0.991. The second kappa shape index (κ2) is 5.26. The molecule has 0 aliphatic carbocycles. The van der Waals surface area contributed by atoms with Crippen LogP contribution in [0.1, 0.15) is 33.6 Å². The number of amides is 1. The SMILES string of the molecule is CCC1COC(C)CN1C(=O)CC(C)=O. The van der Waals surface area contributed by atoms with Gasteiger partial charge >= 0.3 is 0 Å². The first-order valence-corrected chi connectivity index (χ1v) is 5.45. The van der Waals surface area contributed by atoms with Crippen LogP contribution in [0.4, 0.5) is 0 Å². The molecule has 1 saturated heterocycles. The molecule has 0 spiro atoms. The smallest absolute Gasteiger partial charge is 0.230 e. The number of ketones is 1. The van der Waals surface area contributed by atoms with Gasteiger partial charge in [0.1, 0.15) is 5.78 Å². The zero-order chi connectivity index (χ0) is 11.4. The Bertz CT molecular complexity index is 252. The third-order valence-electron chi connectivity index (χ3n) is 2.66. The highest BCUT2D eigenvalue weighted by atomic mass is 16.5. The number of Topliss-reactive ketones (excluding diaryl/α,β-unsaturated/α-hetero) is 1. The van der Waals surface area contributed by atoms with E-state index in [9.17, 15) is 9.59 Å². The van der Waals surface area contributed by atoms with Gasteiger partial charge in [0.05, 0.1) is 25.2 Å². The van der Waals surface area contributed by atoms with E-state index in [4.69, 9.17) is 4.74 Å². The highest BCUT2D eigenvalue weighted by Crippen LogP contribution is 2.15. The van der Waals surface area contributed by atoms with Crippen LogP contribution >= 0.6 is 0 Å². The molecule has 1 amide bonds. The van der Waals surface area contributed by atoms with E-state index in [1.807, 2.05) is 13.8 Å². The fraction of sp³-hybridized carbons (Fsp3) is 0.818. The van der Waals surface area contributed by atoms with E-state index in [1.54, 1.807) is 4.90 Å². The Morgan fingerprint density at radius 1 is 1.47 bits per heavy atom. The van der Waals surface area contributed by atoms with E-state index < -0.39 is 0 Å². The van der Waals surface area contributed by atoms with Crippen LogP contribution in [0.2, 0.25) is 0 Å². The van der Waals surface area contributed by atoms with Crippen LogP contribution in [0, 0.1) is 0 Å². The molecule has 1 rings (SSSR count). The van der Waals surface area contributed by atoms with Crippen molar-refractivity contribution in [1.82, 2.24) is 4.90 Å². The lowest BCUT2D eigenvalue weighted by molar-refractivity contribution is -0.146. The molecule has 2 unspecified atom stereocenters. The monoisotopic (exact) mass is 213 g/mol. The van der Waals surface area contributed by atoms with Gasteiger partial charge in [-0.2, -0.15) is 0 Å². The molecule has 15 heavy (non-hydrogen) atoms. The Hall–Kier alpha value is -0.900. The Kier molecular flexibility index (Phi) is 4.27. The molecule has 0 radical (unpaired) electrons. The van der Waals surface area contributed by atoms with Crippen molar-refractivity contribution < 1.29 is 14.3 Å². The summed E-state index contributed by atoms with van der Waals surface area (Å²) in [5.74, 6) is -0.140. The van der Waals surface area contributed by atoms with E-state index in [2.05, 4.69) is 0 Å². The lowest BCUT2D eigenvalue weighted by Crippen LogP contribution is -2.51. The van der Waals surface area contributed by atoms with Crippen molar-refractivity contribution in [3.8, 4) is 0 Å². The molecule has 0 bridgehead atoms. The minimum Gasteiger partial charge on any atom is -0.375 e. The minimum atomic E-state index is -0.0750. The molecule has 0 N–H and O–H groups in total. The average molecular weight is 213 g/mol. The van der Waals surface area contributed by atoms with Gasteiger partial charge < -0.3 is 9.64 Å². The second-order valence-corrected chi connectivity index (χ2v) is 4.13. The molecule has 4 heteroatoms. The van der Waals surface area contributed by atoms with Crippen molar-refractivity contribution >= 4 is 11.7 Å². The second-order valence-electron chi connectivity index (χ2n) is 4.13. The maximum Gasteiger partial charge on any atom is 0.230 e. The van der Waals surface area contributed by atoms with Gasteiger partial charge in [-0.1, -0.05) is 6.92 Å². The standard InChI is InChI=1S/C11H19NO3/c1-4-10-7-15-9(3)6-12(10)11(14)5-8(2)13/h9-10H,4-7H2,1-3H3. The molecule has 1 aliphatic heterocycles. The lowest BCUT2D eigenvalue weighted by Gasteiger charge is -2.38. The van der Waals surface area contributed by atoms with Crippen LogP contribution in [0.3, 0.4) is 0 Å². The first-order chi connectivity index (χ1) is 7.04. The number of hydrogen-bond acceptors (Lipinski definition) is 3. The van der Waals surface area contributed by atoms with Gasteiger partial charge in [0.25, 0.3) is 0 Å². The maximum absolute atomic E-state index is 11.8. The Balaban J connectivity index is 2.62. The molecule has 0 saturated carbocycles. The van der Waals surface area contributed by atoms with Gasteiger partial charge in [0.2, 0.25) is 5.91 Å². The lowest BCUT2D eigenvalue weighted by atomic mass is 10.1. The zero-order valence-corrected chi connectivity index (χ0v) is 9.66. The largest absolute Gasteiger partial charge is 0.375 e. The summed E-state index contributed by atoms with van der Waals surface area (Å²) >= 11 is 0. The summed E-state index contributed by atoms with van der Waals surface area (Å²) in [5.41, 5.74) is 0. The number of hydrogen-bond donors (Lipinski definition) is 0. The first-order valence-electron chi connectivity index (χ1n) is 5.45. The number of rotatable bonds is 3. The third kappa shape index (κ3) is 3.30. The van der Waals surface area contributed by atoms with E-state index in [0.717, 1.165) is 6.42 Å². The van der Waals surface area contributed by atoms with Gasteiger partial charge in [0, 0.05) is 6.54 Å². The van der Waals surface area contributed by atoms with Crippen LogP contribution in [-0.2, 0) is 14.3 Å². The Labute approximate surface area is 90.6 Å². The number of carbonyl (C=O) groups excluding carboxylic acids is 2. The van der Waals surface area contributed by atoms with Crippen molar-refractivity contribution in [3.63, 3.8) is 0 Å². The number of nitrogens with zero attached hydrogens (tertiary/aromatic N) is 1. The van der Waals surface area contributed by atoms with Crippen molar-refractivity contribution in [1.29, 1.82) is 0 Å².